The van der Waals surface area contributed by atoms with E-state index >= 15 is 0 Å². The Morgan fingerprint density at radius 2 is 0.761 bits per heavy atom. The standard InChI is InChI=1S/C69H121NO18/c1-3-5-7-9-11-13-15-17-19-21-23-25-26-27-29-31-33-35-37-39-41-43-45-47-57(75)70-52(53(74)46-44-42-40-38-36-34-32-30-28-24-22-20-18-16-14-12-10-8-6-4-2)51-83-67-63(81)60(78)65(55(49-72)85-67)88-69-64(82)61(79)66(56(50-73)86-69)87-68-62(80)59(77)58(76)54(48-71)84-68/h15,17,21,23,26-28,30,36,38,44,46,52-56,58-69,71-74,76-82H,3-14,16,18-20,22,24-25,29,31-35,37,39-43,45,47-51H2,1-2H3,(H,70,75)/b17-15-,23-21-,27-26-,30-28+,38-36+,46-44+. The average molecular weight is 1250 g/mol. The zero-order valence-corrected chi connectivity index (χ0v) is 53.7. The van der Waals surface area contributed by atoms with Gasteiger partial charge < -0.3 is 89.9 Å². The van der Waals surface area contributed by atoms with Gasteiger partial charge in [-0.1, -0.05) is 209 Å². The molecule has 510 valence electrons. The second-order valence-electron chi connectivity index (χ2n) is 24.3. The maximum atomic E-state index is 13.4. The van der Waals surface area contributed by atoms with Gasteiger partial charge in [-0.25, -0.2) is 0 Å². The van der Waals surface area contributed by atoms with E-state index in [1.54, 1.807) is 6.08 Å². The summed E-state index contributed by atoms with van der Waals surface area (Å²) in [5.41, 5.74) is 0. The van der Waals surface area contributed by atoms with Crippen LogP contribution in [-0.2, 0) is 33.2 Å². The molecule has 3 saturated heterocycles. The number of nitrogens with one attached hydrogen (secondary N) is 1. The number of carbonyl (C=O) groups is 1. The topological polar surface area (TPSA) is 307 Å². The number of ether oxygens (including phenoxy) is 6. The van der Waals surface area contributed by atoms with Crippen molar-refractivity contribution >= 4 is 5.91 Å². The van der Waals surface area contributed by atoms with E-state index in [4.69, 9.17) is 28.4 Å². The molecule has 3 fully saturated rings. The third-order valence-electron chi connectivity index (χ3n) is 16.7. The Kier molecular flexibility index (Phi) is 45.8. The van der Waals surface area contributed by atoms with Gasteiger partial charge in [0.25, 0.3) is 0 Å². The zero-order chi connectivity index (χ0) is 64.0. The molecular formula is C69H121NO18. The van der Waals surface area contributed by atoms with Gasteiger partial charge in [-0.15, -0.1) is 0 Å². The molecule has 0 aromatic heterocycles. The summed E-state index contributed by atoms with van der Waals surface area (Å²) in [6.07, 6.45) is 35.8. The van der Waals surface area contributed by atoms with Gasteiger partial charge in [0.15, 0.2) is 18.9 Å². The summed E-state index contributed by atoms with van der Waals surface area (Å²) in [5.74, 6) is -0.299. The molecule has 17 unspecified atom stereocenters. The molecule has 3 aliphatic heterocycles. The fourth-order valence-electron chi connectivity index (χ4n) is 11.1. The van der Waals surface area contributed by atoms with Gasteiger partial charge in [-0.2, -0.15) is 0 Å². The molecule has 0 spiro atoms. The number of hydrogen-bond acceptors (Lipinski definition) is 18. The van der Waals surface area contributed by atoms with Crippen LogP contribution in [0.2, 0.25) is 0 Å². The summed E-state index contributed by atoms with van der Waals surface area (Å²) >= 11 is 0. The van der Waals surface area contributed by atoms with Crippen LogP contribution >= 0.6 is 0 Å². The van der Waals surface area contributed by atoms with E-state index in [0.717, 1.165) is 70.6 Å². The van der Waals surface area contributed by atoms with E-state index in [1.165, 1.54) is 122 Å². The Balaban J connectivity index is 1.48. The molecule has 0 aliphatic carbocycles. The molecule has 19 nitrogen and oxygen atoms in total. The maximum absolute atomic E-state index is 13.4. The van der Waals surface area contributed by atoms with Gasteiger partial charge in [0.05, 0.1) is 38.6 Å². The second-order valence-corrected chi connectivity index (χ2v) is 24.3. The minimum atomic E-state index is -1.99. The molecule has 3 rings (SSSR count). The molecule has 17 atom stereocenters. The molecule has 3 aliphatic rings. The lowest BCUT2D eigenvalue weighted by Crippen LogP contribution is -2.66. The molecule has 0 saturated carbocycles. The molecule has 19 heteroatoms. The van der Waals surface area contributed by atoms with Crippen LogP contribution in [0, 0.1) is 0 Å². The first-order valence-corrected chi connectivity index (χ1v) is 34.2. The fraction of sp³-hybridized carbons (Fsp3) is 0.812. The molecule has 0 radical (unpaired) electrons. The number of rotatable bonds is 51. The number of unbranched alkanes of at least 4 members (excludes halogenated alkanes) is 25. The van der Waals surface area contributed by atoms with Crippen LogP contribution in [0.5, 0.6) is 0 Å². The van der Waals surface area contributed by atoms with E-state index in [1.807, 2.05) is 6.08 Å². The van der Waals surface area contributed by atoms with Crippen LogP contribution in [0.4, 0.5) is 0 Å². The second kappa shape index (κ2) is 50.7. The van der Waals surface area contributed by atoms with Crippen LogP contribution in [-0.4, -0.2) is 193 Å². The molecule has 12 N–H and O–H groups in total. The third kappa shape index (κ3) is 32.7. The first-order valence-electron chi connectivity index (χ1n) is 34.2. The van der Waals surface area contributed by atoms with Crippen molar-refractivity contribution in [3.63, 3.8) is 0 Å². The number of hydrogen-bond donors (Lipinski definition) is 12. The normalized spacial score (nSPS) is 28.9. The highest BCUT2D eigenvalue weighted by Crippen LogP contribution is 2.33. The Morgan fingerprint density at radius 3 is 1.22 bits per heavy atom. The highest BCUT2D eigenvalue weighted by molar-refractivity contribution is 5.76. The highest BCUT2D eigenvalue weighted by atomic mass is 16.8. The minimum Gasteiger partial charge on any atom is -0.394 e. The SMILES string of the molecule is CCCCCCC/C=C\C/C=C\C/C=C\CCCCCCCCCCC(=O)NC(COC1OC(CO)C(OC2OC(CO)C(OC3OC(CO)C(O)C(O)C3O)C(O)C2O)C(O)C1O)C(O)/C=C/CC/C=C/CC/C=C/CCCCCCCCCCCC. The van der Waals surface area contributed by atoms with Crippen LogP contribution in [0.15, 0.2) is 72.9 Å². The lowest BCUT2D eigenvalue weighted by Gasteiger charge is -2.48. The van der Waals surface area contributed by atoms with Crippen molar-refractivity contribution in [1.82, 2.24) is 5.32 Å². The quantitative estimate of drug-likeness (QED) is 0.0200. The fourth-order valence-corrected chi connectivity index (χ4v) is 11.1. The van der Waals surface area contributed by atoms with E-state index in [9.17, 15) is 61.0 Å². The molecule has 0 bridgehead atoms. The number of amides is 1. The van der Waals surface area contributed by atoms with Crippen molar-refractivity contribution < 1.29 is 89.4 Å². The van der Waals surface area contributed by atoms with Gasteiger partial charge in [0.1, 0.15) is 73.2 Å². The zero-order valence-electron chi connectivity index (χ0n) is 53.7. The molecule has 3 heterocycles. The Labute approximate surface area is 528 Å². The van der Waals surface area contributed by atoms with Crippen molar-refractivity contribution in [2.24, 2.45) is 0 Å². The summed E-state index contributed by atoms with van der Waals surface area (Å²) in [4.78, 5) is 13.4. The number of allylic oxidation sites excluding steroid dienone is 11. The van der Waals surface area contributed by atoms with E-state index in [-0.39, 0.29) is 18.9 Å². The largest absolute Gasteiger partial charge is 0.394 e. The summed E-state index contributed by atoms with van der Waals surface area (Å²) in [6, 6.07) is -1.00. The van der Waals surface area contributed by atoms with Crippen LogP contribution in [0.25, 0.3) is 0 Å². The average Bonchev–Trinajstić information content (AvgIpc) is 3.71. The van der Waals surface area contributed by atoms with E-state index in [0.29, 0.717) is 12.8 Å². The first kappa shape index (κ1) is 79.5. The van der Waals surface area contributed by atoms with Gasteiger partial charge >= 0.3 is 0 Å². The molecule has 88 heavy (non-hydrogen) atoms. The minimum absolute atomic E-state index is 0.220. The molecule has 0 aromatic rings. The van der Waals surface area contributed by atoms with Crippen molar-refractivity contribution in [2.45, 2.75) is 330 Å². The van der Waals surface area contributed by atoms with Gasteiger partial charge in [-0.05, 0) is 83.5 Å². The summed E-state index contributed by atoms with van der Waals surface area (Å²) < 4.78 is 34.3. The lowest BCUT2D eigenvalue weighted by atomic mass is 9.96. The predicted molar refractivity (Wildman–Crippen MR) is 341 cm³/mol. The Hall–Kier alpha value is -2.77. The summed E-state index contributed by atoms with van der Waals surface area (Å²) in [7, 11) is 0. The van der Waals surface area contributed by atoms with Gasteiger partial charge in [-0.3, -0.25) is 4.79 Å². The number of aliphatic hydroxyl groups is 11. The lowest BCUT2D eigenvalue weighted by molar-refractivity contribution is -0.379. The molecular weight excluding hydrogens is 1130 g/mol. The van der Waals surface area contributed by atoms with Crippen LogP contribution < -0.4 is 5.32 Å². The van der Waals surface area contributed by atoms with Crippen LogP contribution in [0.3, 0.4) is 0 Å². The van der Waals surface area contributed by atoms with Gasteiger partial charge in [0, 0.05) is 6.42 Å². The molecule has 1 amide bonds. The smallest absolute Gasteiger partial charge is 0.220 e. The van der Waals surface area contributed by atoms with Crippen molar-refractivity contribution in [3.05, 3.63) is 72.9 Å². The van der Waals surface area contributed by atoms with Crippen molar-refractivity contribution in [1.29, 1.82) is 0 Å². The van der Waals surface area contributed by atoms with E-state index < -0.39 is 124 Å². The summed E-state index contributed by atoms with van der Waals surface area (Å²) in [5, 5.41) is 120. The maximum Gasteiger partial charge on any atom is 0.220 e. The highest BCUT2D eigenvalue weighted by Gasteiger charge is 2.53. The summed E-state index contributed by atoms with van der Waals surface area (Å²) in [6.45, 7) is 1.68. The monoisotopic (exact) mass is 1250 g/mol. The number of aliphatic hydroxyl groups excluding tert-OH is 11. The predicted octanol–water partition coefficient (Wildman–Crippen LogP) is 8.55. The van der Waals surface area contributed by atoms with E-state index in [2.05, 4.69) is 79.9 Å². The van der Waals surface area contributed by atoms with Crippen molar-refractivity contribution in [2.75, 3.05) is 26.4 Å². The van der Waals surface area contributed by atoms with Crippen LogP contribution in [0.1, 0.15) is 226 Å². The van der Waals surface area contributed by atoms with Crippen molar-refractivity contribution in [3.8, 4) is 0 Å². The number of carbonyl (C=O) groups excluding carboxylic acids is 1. The third-order valence-corrected chi connectivity index (χ3v) is 16.7. The Morgan fingerprint density at radius 1 is 0.409 bits per heavy atom. The first-order chi connectivity index (χ1) is 42.8. The molecule has 0 aromatic carbocycles. The van der Waals surface area contributed by atoms with Gasteiger partial charge in [0.2, 0.25) is 5.91 Å². The Bertz CT molecular complexity index is 1880.